The second-order valence-electron chi connectivity index (χ2n) is 14.0. The minimum absolute atomic E-state index is 0.579. The van der Waals surface area contributed by atoms with Gasteiger partial charge in [-0.2, -0.15) is 10.2 Å². The maximum absolute atomic E-state index is 4.72. The van der Waals surface area contributed by atoms with Crippen LogP contribution in [0.2, 0.25) is 0 Å². The lowest BCUT2D eigenvalue weighted by atomic mass is 9.95. The van der Waals surface area contributed by atoms with E-state index in [1.54, 1.807) is 0 Å². The third-order valence-electron chi connectivity index (χ3n) is 9.40. The van der Waals surface area contributed by atoms with Crippen LogP contribution >= 0.6 is 11.3 Å². The number of likely N-dealkylation sites (tertiary alicyclic amines) is 1. The molecule has 6 rings (SSSR count). The molecule has 3 fully saturated rings. The Morgan fingerprint density at radius 3 is 1.91 bits per heavy atom. The van der Waals surface area contributed by atoms with E-state index in [-0.39, 0.29) is 0 Å². The van der Waals surface area contributed by atoms with Gasteiger partial charge in [0.15, 0.2) is 0 Å². The smallest absolute Gasteiger partial charge is 0.0953 e. The van der Waals surface area contributed by atoms with Crippen LogP contribution in [-0.2, 0) is 0 Å². The van der Waals surface area contributed by atoms with E-state index in [0.29, 0.717) is 35.8 Å². The molecule has 3 aliphatic rings. The molecule has 2 N–H and O–H groups in total. The molecule has 3 saturated heterocycles. The number of nitrogens with zero attached hydrogens (tertiary/aromatic N) is 6. The number of hydrogen-bond donors (Lipinski definition) is 2. The summed E-state index contributed by atoms with van der Waals surface area (Å²) in [5.74, 6) is 2.46. The zero-order chi connectivity index (χ0) is 31.6. The van der Waals surface area contributed by atoms with Gasteiger partial charge in [0.2, 0.25) is 0 Å². The van der Waals surface area contributed by atoms with E-state index in [9.17, 15) is 0 Å². The Hall–Kier alpha value is -2.07. The fourth-order valence-electron chi connectivity index (χ4n) is 6.30. The first-order valence-corrected chi connectivity index (χ1v) is 18.1. The van der Waals surface area contributed by atoms with Crippen molar-refractivity contribution in [3.05, 3.63) is 51.5 Å². The molecule has 0 radical (unpaired) electrons. The minimum Gasteiger partial charge on any atom is -0.317 e. The molecule has 0 spiro atoms. The number of nitrogens with one attached hydrogen (secondary N) is 2. The third kappa shape index (κ3) is 9.96. The zero-order valence-corrected chi connectivity index (χ0v) is 29.7. The summed E-state index contributed by atoms with van der Waals surface area (Å²) < 4.78 is 4.36. The van der Waals surface area contributed by atoms with Crippen molar-refractivity contribution in [2.75, 3.05) is 46.3 Å². The quantitative estimate of drug-likeness (QED) is 0.301. The molecule has 0 aromatic carbocycles. The Morgan fingerprint density at radius 1 is 0.773 bits per heavy atom. The summed E-state index contributed by atoms with van der Waals surface area (Å²) in [6.45, 7) is 22.4. The molecule has 44 heavy (non-hydrogen) atoms. The second kappa shape index (κ2) is 17.0. The number of piperidine rings is 3. The predicted octanol–water partition coefficient (Wildman–Crippen LogP) is 7.25. The number of aromatic nitrogens is 5. The highest BCUT2D eigenvalue weighted by atomic mass is 32.1. The molecular formula is C35H60N8S. The van der Waals surface area contributed by atoms with E-state index >= 15 is 0 Å². The SMILES string of the molecule is CC(C)c1cnn(C2CCN(C)CC2)c1.CC(C)c1nc(C2CCNCC2)cs1.Cc1nn(C2CCNCC2)cc1C(C)C. The van der Waals surface area contributed by atoms with E-state index in [1.165, 1.54) is 79.1 Å². The van der Waals surface area contributed by atoms with E-state index in [4.69, 9.17) is 4.98 Å². The zero-order valence-electron chi connectivity index (χ0n) is 28.9. The van der Waals surface area contributed by atoms with Gasteiger partial charge in [-0.05, 0) is 115 Å². The Labute approximate surface area is 271 Å². The summed E-state index contributed by atoms with van der Waals surface area (Å²) in [4.78, 5) is 7.12. The van der Waals surface area contributed by atoms with Crippen LogP contribution in [0, 0.1) is 6.92 Å². The van der Waals surface area contributed by atoms with Gasteiger partial charge < -0.3 is 15.5 Å². The Kier molecular flexibility index (Phi) is 13.5. The van der Waals surface area contributed by atoms with Crippen LogP contribution in [0.15, 0.2) is 24.0 Å². The van der Waals surface area contributed by atoms with Crippen molar-refractivity contribution in [1.29, 1.82) is 0 Å². The lowest BCUT2D eigenvalue weighted by Crippen LogP contribution is -2.31. The standard InChI is InChI=1S/2C12H21N3.C11H18N2S/c1-10(2)11-8-13-15(9-11)12-4-6-14(3)7-5-12;1-9(2)12-8-15(14-10(12)3)11-4-6-13-7-5-11;1-8(2)11-13-10(7-14-11)9-3-5-12-6-4-9/h8-10,12H,4-7H2,1-3H3;8-9,11,13H,4-7H2,1-3H3;7-9,12H,3-6H2,1-2H3. The van der Waals surface area contributed by atoms with Crippen LogP contribution in [0.25, 0.3) is 0 Å². The number of thiazole rings is 1. The highest BCUT2D eigenvalue weighted by molar-refractivity contribution is 7.09. The van der Waals surface area contributed by atoms with E-state index in [1.807, 2.05) is 17.5 Å². The first kappa shape index (κ1) is 34.8. The minimum atomic E-state index is 0.579. The van der Waals surface area contributed by atoms with Crippen LogP contribution in [0.3, 0.4) is 0 Å². The fraction of sp³-hybridized carbons (Fsp3) is 0.743. The van der Waals surface area contributed by atoms with Gasteiger partial charge in [0.1, 0.15) is 0 Å². The summed E-state index contributed by atoms with van der Waals surface area (Å²) in [5, 5.41) is 19.5. The monoisotopic (exact) mass is 624 g/mol. The van der Waals surface area contributed by atoms with Gasteiger partial charge in [-0.1, -0.05) is 41.5 Å². The molecule has 246 valence electrons. The van der Waals surface area contributed by atoms with Crippen molar-refractivity contribution in [2.24, 2.45) is 0 Å². The summed E-state index contributed by atoms with van der Waals surface area (Å²) >= 11 is 1.82. The second-order valence-corrected chi connectivity index (χ2v) is 14.9. The normalized spacial score (nSPS) is 19.2. The maximum atomic E-state index is 4.72. The van der Waals surface area contributed by atoms with E-state index in [0.717, 1.165) is 26.2 Å². The van der Waals surface area contributed by atoms with Gasteiger partial charge in [0.05, 0.1) is 34.7 Å². The Morgan fingerprint density at radius 2 is 1.39 bits per heavy atom. The average molecular weight is 625 g/mol. The number of hydrogen-bond acceptors (Lipinski definition) is 7. The first-order chi connectivity index (χ1) is 21.1. The summed E-state index contributed by atoms with van der Waals surface area (Å²) in [6.07, 6.45) is 13.9. The summed E-state index contributed by atoms with van der Waals surface area (Å²) in [6, 6.07) is 1.23. The topological polar surface area (TPSA) is 75.8 Å². The van der Waals surface area contributed by atoms with E-state index < -0.39 is 0 Å². The molecule has 0 aliphatic carbocycles. The summed E-state index contributed by atoms with van der Waals surface area (Å²) in [5.41, 5.74) is 5.28. The molecule has 0 unspecified atom stereocenters. The number of rotatable bonds is 6. The summed E-state index contributed by atoms with van der Waals surface area (Å²) in [7, 11) is 2.19. The lowest BCUT2D eigenvalue weighted by molar-refractivity contribution is 0.212. The molecule has 8 nitrogen and oxygen atoms in total. The first-order valence-electron chi connectivity index (χ1n) is 17.3. The van der Waals surface area contributed by atoms with E-state index in [2.05, 4.69) is 108 Å². The molecule has 3 aromatic rings. The Bertz CT molecular complexity index is 1220. The average Bonchev–Trinajstić information content (AvgIpc) is 3.80. The highest BCUT2D eigenvalue weighted by Crippen LogP contribution is 2.29. The van der Waals surface area contributed by atoms with Gasteiger partial charge in [-0.15, -0.1) is 11.3 Å². The van der Waals surface area contributed by atoms with Crippen molar-refractivity contribution in [1.82, 2.24) is 40.1 Å². The van der Waals surface area contributed by atoms with Gasteiger partial charge in [0.25, 0.3) is 0 Å². The molecule has 9 heteroatoms. The molecule has 0 saturated carbocycles. The van der Waals surface area contributed by atoms with Crippen LogP contribution in [0.1, 0.15) is 143 Å². The van der Waals surface area contributed by atoms with Crippen LogP contribution < -0.4 is 10.6 Å². The Balaban J connectivity index is 0.000000151. The van der Waals surface area contributed by atoms with Crippen molar-refractivity contribution < 1.29 is 0 Å². The van der Waals surface area contributed by atoms with Crippen LogP contribution in [-0.4, -0.2) is 75.8 Å². The van der Waals surface area contributed by atoms with Gasteiger partial charge in [0, 0.05) is 29.6 Å². The molecule has 0 atom stereocenters. The molecule has 6 heterocycles. The largest absolute Gasteiger partial charge is 0.317 e. The molecule has 0 bridgehead atoms. The molecular weight excluding hydrogens is 565 g/mol. The van der Waals surface area contributed by atoms with Gasteiger partial charge in [-0.3, -0.25) is 9.36 Å². The molecule has 0 amide bonds. The third-order valence-corrected chi connectivity index (χ3v) is 10.6. The molecule has 3 aromatic heterocycles. The highest BCUT2D eigenvalue weighted by Gasteiger charge is 2.20. The van der Waals surface area contributed by atoms with Crippen LogP contribution in [0.4, 0.5) is 0 Å². The fourth-order valence-corrected chi connectivity index (χ4v) is 7.22. The van der Waals surface area contributed by atoms with Crippen molar-refractivity contribution in [3.63, 3.8) is 0 Å². The van der Waals surface area contributed by atoms with Crippen molar-refractivity contribution in [2.45, 2.75) is 123 Å². The maximum Gasteiger partial charge on any atom is 0.0953 e. The predicted molar refractivity (Wildman–Crippen MR) is 185 cm³/mol. The number of aryl methyl sites for hydroxylation is 1. The van der Waals surface area contributed by atoms with Gasteiger partial charge in [-0.25, -0.2) is 4.98 Å². The van der Waals surface area contributed by atoms with Crippen molar-refractivity contribution in [3.8, 4) is 0 Å². The van der Waals surface area contributed by atoms with Crippen LogP contribution in [0.5, 0.6) is 0 Å². The van der Waals surface area contributed by atoms with Gasteiger partial charge >= 0.3 is 0 Å². The van der Waals surface area contributed by atoms with Crippen molar-refractivity contribution >= 4 is 11.3 Å². The lowest BCUT2D eigenvalue weighted by Gasteiger charge is -2.29. The molecule has 3 aliphatic heterocycles.